The second-order valence-electron chi connectivity index (χ2n) is 6.63. The third kappa shape index (κ3) is 3.25. The monoisotopic (exact) mass is 499 g/mol. The number of anilines is 2. The molecule has 0 bridgehead atoms. The van der Waals surface area contributed by atoms with E-state index in [1.54, 1.807) is 30.6 Å². The van der Waals surface area contributed by atoms with Crippen molar-refractivity contribution in [3.8, 4) is 11.3 Å². The SMILES string of the molecule is O=c1[nH]ccc2c(Nc3c(Cl)cc(-c4ccn[nH]4)cc3Cl)nc3ccc(Br)cc3c12. The molecule has 0 aliphatic heterocycles. The van der Waals surface area contributed by atoms with Gasteiger partial charge in [-0.15, -0.1) is 0 Å². The summed E-state index contributed by atoms with van der Waals surface area (Å²) >= 11 is 16.5. The number of nitrogens with one attached hydrogen (secondary N) is 3. The van der Waals surface area contributed by atoms with Crippen LogP contribution < -0.4 is 10.9 Å². The number of benzene rings is 2. The van der Waals surface area contributed by atoms with Gasteiger partial charge in [0.25, 0.3) is 5.56 Å². The van der Waals surface area contributed by atoms with Crippen molar-refractivity contribution in [1.82, 2.24) is 20.2 Å². The van der Waals surface area contributed by atoms with Crippen LogP contribution >= 0.6 is 39.1 Å². The molecule has 0 amide bonds. The summed E-state index contributed by atoms with van der Waals surface area (Å²) in [6.07, 6.45) is 3.25. The molecule has 3 N–H and O–H groups in total. The number of hydrogen-bond acceptors (Lipinski definition) is 4. The third-order valence-corrected chi connectivity index (χ3v) is 5.86. The van der Waals surface area contributed by atoms with Crippen molar-refractivity contribution < 1.29 is 0 Å². The Morgan fingerprint density at radius 2 is 1.80 bits per heavy atom. The van der Waals surface area contributed by atoms with Crippen LogP contribution in [0.1, 0.15) is 0 Å². The van der Waals surface area contributed by atoms with Gasteiger partial charge < -0.3 is 10.3 Å². The molecule has 0 radical (unpaired) electrons. The number of aromatic amines is 2. The molecule has 0 atom stereocenters. The number of hydrogen-bond donors (Lipinski definition) is 3. The quantitative estimate of drug-likeness (QED) is 0.254. The van der Waals surface area contributed by atoms with Gasteiger partial charge in [0.05, 0.1) is 32.3 Å². The lowest BCUT2D eigenvalue weighted by Crippen LogP contribution is -2.08. The Morgan fingerprint density at radius 3 is 2.53 bits per heavy atom. The van der Waals surface area contributed by atoms with E-state index in [4.69, 9.17) is 28.2 Å². The van der Waals surface area contributed by atoms with Crippen LogP contribution in [0.25, 0.3) is 32.9 Å². The molecule has 0 aliphatic rings. The van der Waals surface area contributed by atoms with Crippen LogP contribution in [0.15, 0.2) is 64.1 Å². The first-order valence-corrected chi connectivity index (χ1v) is 10.4. The largest absolute Gasteiger partial charge is 0.337 e. The Labute approximate surface area is 188 Å². The number of H-pyrrole nitrogens is 2. The lowest BCUT2D eigenvalue weighted by atomic mass is 10.1. The number of rotatable bonds is 3. The zero-order valence-corrected chi connectivity index (χ0v) is 18.2. The van der Waals surface area contributed by atoms with E-state index >= 15 is 0 Å². The second-order valence-corrected chi connectivity index (χ2v) is 8.36. The average molecular weight is 501 g/mol. The standard InChI is InChI=1S/C21H12BrCl2N5O/c22-11-1-2-17-13(9-11)18-12(3-5-25-21(18)30)20(27-17)28-19-14(23)7-10(8-15(19)24)16-4-6-26-29-16/h1-9H,(H,25,30)(H,26,29)(H,27,28). The van der Waals surface area contributed by atoms with Gasteiger partial charge in [-0.3, -0.25) is 9.89 Å². The van der Waals surface area contributed by atoms with Crippen LogP contribution in [-0.4, -0.2) is 20.2 Å². The van der Waals surface area contributed by atoms with E-state index in [9.17, 15) is 4.79 Å². The second kappa shape index (κ2) is 7.43. The summed E-state index contributed by atoms with van der Waals surface area (Å²) in [4.78, 5) is 20.1. The highest BCUT2D eigenvalue weighted by atomic mass is 79.9. The topological polar surface area (TPSA) is 86.5 Å². The molecule has 0 fully saturated rings. The predicted molar refractivity (Wildman–Crippen MR) is 125 cm³/mol. The van der Waals surface area contributed by atoms with Crippen molar-refractivity contribution in [3.05, 3.63) is 79.7 Å². The maximum atomic E-state index is 12.6. The maximum Gasteiger partial charge on any atom is 0.256 e. The molecular weight excluding hydrogens is 489 g/mol. The molecule has 3 heterocycles. The Balaban J connectivity index is 1.70. The fraction of sp³-hybridized carbons (Fsp3) is 0. The summed E-state index contributed by atoms with van der Waals surface area (Å²) in [7, 11) is 0. The number of fused-ring (bicyclic) bond motifs is 3. The third-order valence-electron chi connectivity index (χ3n) is 4.77. The highest BCUT2D eigenvalue weighted by molar-refractivity contribution is 9.10. The summed E-state index contributed by atoms with van der Waals surface area (Å²) in [6.45, 7) is 0. The molecule has 0 saturated carbocycles. The Hall–Kier alpha value is -2.87. The summed E-state index contributed by atoms with van der Waals surface area (Å²) in [5.41, 5.74) is 2.59. The molecule has 9 heteroatoms. The van der Waals surface area contributed by atoms with Crippen molar-refractivity contribution in [2.75, 3.05) is 5.32 Å². The van der Waals surface area contributed by atoms with Gasteiger partial charge >= 0.3 is 0 Å². The van der Waals surface area contributed by atoms with E-state index < -0.39 is 0 Å². The highest BCUT2D eigenvalue weighted by Crippen LogP contribution is 2.38. The average Bonchev–Trinajstić information content (AvgIpc) is 3.26. The number of pyridine rings is 2. The normalized spacial score (nSPS) is 11.3. The van der Waals surface area contributed by atoms with Crippen LogP contribution in [0, 0.1) is 0 Å². The number of halogens is 3. The molecule has 148 valence electrons. The molecule has 5 aromatic rings. The van der Waals surface area contributed by atoms with E-state index in [1.807, 2.05) is 24.3 Å². The van der Waals surface area contributed by atoms with Gasteiger partial charge in [-0.1, -0.05) is 39.1 Å². The minimum atomic E-state index is -0.201. The van der Waals surface area contributed by atoms with Crippen molar-refractivity contribution in [2.45, 2.75) is 0 Å². The van der Waals surface area contributed by atoms with Gasteiger partial charge in [-0.2, -0.15) is 5.10 Å². The Bertz CT molecular complexity index is 1460. The molecule has 0 spiro atoms. The van der Waals surface area contributed by atoms with Crippen molar-refractivity contribution in [1.29, 1.82) is 0 Å². The van der Waals surface area contributed by atoms with Gasteiger partial charge in [0, 0.05) is 33.2 Å². The number of nitrogens with zero attached hydrogens (tertiary/aromatic N) is 2. The zero-order valence-electron chi connectivity index (χ0n) is 15.1. The van der Waals surface area contributed by atoms with E-state index in [1.165, 1.54) is 0 Å². The van der Waals surface area contributed by atoms with E-state index in [0.29, 0.717) is 37.8 Å². The summed E-state index contributed by atoms with van der Waals surface area (Å²) in [6, 6.07) is 12.8. The zero-order chi connectivity index (χ0) is 20.8. The first-order chi connectivity index (χ1) is 14.5. The van der Waals surface area contributed by atoms with E-state index in [-0.39, 0.29) is 5.56 Å². The van der Waals surface area contributed by atoms with Crippen LogP contribution in [0.3, 0.4) is 0 Å². The van der Waals surface area contributed by atoms with Gasteiger partial charge in [0.15, 0.2) is 0 Å². The summed E-state index contributed by atoms with van der Waals surface area (Å²) < 4.78 is 0.863. The minimum absolute atomic E-state index is 0.201. The molecule has 0 unspecified atom stereocenters. The molecule has 0 saturated heterocycles. The van der Waals surface area contributed by atoms with Crippen molar-refractivity contribution in [3.63, 3.8) is 0 Å². The van der Waals surface area contributed by atoms with Crippen LogP contribution in [0.4, 0.5) is 11.5 Å². The lowest BCUT2D eigenvalue weighted by molar-refractivity contribution is 1.10. The molecule has 0 aliphatic carbocycles. The van der Waals surface area contributed by atoms with Crippen LogP contribution in [-0.2, 0) is 0 Å². The smallest absolute Gasteiger partial charge is 0.256 e. The molecular formula is C21H12BrCl2N5O. The fourth-order valence-electron chi connectivity index (χ4n) is 3.41. The van der Waals surface area contributed by atoms with Gasteiger partial charge in [0.2, 0.25) is 0 Å². The summed E-state index contributed by atoms with van der Waals surface area (Å²) in [5.74, 6) is 0.490. The van der Waals surface area contributed by atoms with E-state index in [0.717, 1.165) is 21.1 Å². The van der Waals surface area contributed by atoms with Gasteiger partial charge in [0.1, 0.15) is 5.82 Å². The Kier molecular flexibility index (Phi) is 4.73. The van der Waals surface area contributed by atoms with Gasteiger partial charge in [-0.25, -0.2) is 4.98 Å². The maximum absolute atomic E-state index is 12.6. The van der Waals surface area contributed by atoms with Gasteiger partial charge in [-0.05, 0) is 42.5 Å². The van der Waals surface area contributed by atoms with Crippen LogP contribution in [0.2, 0.25) is 10.0 Å². The van der Waals surface area contributed by atoms with E-state index in [2.05, 4.69) is 36.4 Å². The fourth-order valence-corrected chi connectivity index (χ4v) is 4.35. The minimum Gasteiger partial charge on any atom is -0.337 e. The predicted octanol–water partition coefficient (Wildman–Crippen LogP) is 6.28. The molecule has 3 aromatic heterocycles. The highest BCUT2D eigenvalue weighted by Gasteiger charge is 2.16. The summed E-state index contributed by atoms with van der Waals surface area (Å²) in [5, 5.41) is 12.9. The molecule has 2 aromatic carbocycles. The number of aromatic nitrogens is 4. The van der Waals surface area contributed by atoms with Crippen molar-refractivity contribution in [2.24, 2.45) is 0 Å². The lowest BCUT2D eigenvalue weighted by Gasteiger charge is -2.14. The Morgan fingerprint density at radius 1 is 1.00 bits per heavy atom. The first kappa shape index (κ1) is 19.1. The molecule has 6 nitrogen and oxygen atoms in total. The first-order valence-electron chi connectivity index (χ1n) is 8.88. The van der Waals surface area contributed by atoms with Crippen molar-refractivity contribution >= 4 is 72.3 Å². The molecule has 5 rings (SSSR count). The molecule has 30 heavy (non-hydrogen) atoms. The van der Waals surface area contributed by atoms with Crippen LogP contribution in [0.5, 0.6) is 0 Å².